The molecule has 10 nitrogen and oxygen atoms in total. The van der Waals surface area contributed by atoms with Crippen LogP contribution >= 0.6 is 15.2 Å². The lowest BCUT2D eigenvalue weighted by atomic mass is 10.1. The maximum absolute atomic E-state index is 14.2. The van der Waals surface area contributed by atoms with Crippen LogP contribution in [0.3, 0.4) is 0 Å². The number of anilines is 1. The van der Waals surface area contributed by atoms with Crippen molar-refractivity contribution in [3.63, 3.8) is 0 Å². The van der Waals surface area contributed by atoms with Gasteiger partial charge in [-0.2, -0.15) is 0 Å². The van der Waals surface area contributed by atoms with Crippen molar-refractivity contribution in [2.75, 3.05) is 38.4 Å². The second-order valence-electron chi connectivity index (χ2n) is 7.38. The molecule has 0 aliphatic rings. The minimum absolute atomic E-state index is 0.0146. The highest BCUT2D eigenvalue weighted by molar-refractivity contribution is 7.73. The smallest absolute Gasteiger partial charge is 0.365 e. The van der Waals surface area contributed by atoms with Crippen molar-refractivity contribution >= 4 is 21.0 Å². The summed E-state index contributed by atoms with van der Waals surface area (Å²) in [6.45, 7) is 8.70. The zero-order chi connectivity index (χ0) is 26.1. The number of aromatic hydroxyl groups is 1. The Morgan fingerprint density at radius 1 is 0.943 bits per heavy atom. The molecule has 1 heterocycles. The minimum atomic E-state index is -4.12. The van der Waals surface area contributed by atoms with Crippen LogP contribution in [0, 0.1) is 6.92 Å². The third-order valence-electron chi connectivity index (χ3n) is 4.92. The van der Waals surface area contributed by atoms with E-state index in [4.69, 9.17) is 22.8 Å². The molecule has 0 amide bonds. The third kappa shape index (κ3) is 7.06. The van der Waals surface area contributed by atoms with E-state index in [-0.39, 0.29) is 44.5 Å². The molecule has 1 N–H and O–H groups in total. The minimum Gasteiger partial charge on any atom is -0.504 e. The molecule has 2 aromatic rings. The van der Waals surface area contributed by atoms with E-state index in [2.05, 4.69) is 4.98 Å². The average molecular weight is 530 g/mol. The Morgan fingerprint density at radius 2 is 1.49 bits per heavy atom. The SMILES string of the molecule is CCOP(=O)(OCC)C(N(Cc1cc(C)c(O)c(OC)c1)c1ccccn1)P(=O)(OCC)OCC. The molecule has 35 heavy (non-hydrogen) atoms. The summed E-state index contributed by atoms with van der Waals surface area (Å²) < 4.78 is 56.5. The van der Waals surface area contributed by atoms with E-state index in [1.807, 2.05) is 0 Å². The van der Waals surface area contributed by atoms with Crippen LogP contribution in [0.2, 0.25) is 0 Å². The topological polar surface area (TPSA) is 117 Å². The van der Waals surface area contributed by atoms with Gasteiger partial charge < -0.3 is 32.8 Å². The predicted molar refractivity (Wildman–Crippen MR) is 135 cm³/mol. The van der Waals surface area contributed by atoms with Gasteiger partial charge in [-0.1, -0.05) is 12.1 Å². The van der Waals surface area contributed by atoms with Gasteiger partial charge in [-0.25, -0.2) is 4.98 Å². The highest BCUT2D eigenvalue weighted by Gasteiger charge is 2.55. The van der Waals surface area contributed by atoms with Gasteiger partial charge in [-0.05, 0) is 63.9 Å². The number of methoxy groups -OCH3 is 1. The molecule has 0 radical (unpaired) electrons. The first kappa shape index (κ1) is 29.3. The summed E-state index contributed by atoms with van der Waals surface area (Å²) in [6, 6.07) is 8.59. The fourth-order valence-corrected chi connectivity index (χ4v) is 9.03. The number of phenolic OH excluding ortho intramolecular Hbond substituents is 1. The van der Waals surface area contributed by atoms with Crippen molar-refractivity contribution in [2.45, 2.75) is 46.7 Å². The van der Waals surface area contributed by atoms with Gasteiger partial charge in [0, 0.05) is 12.7 Å². The number of nitrogens with zero attached hydrogens (tertiary/aromatic N) is 2. The number of phenols is 1. The number of rotatable bonds is 15. The summed E-state index contributed by atoms with van der Waals surface area (Å²) in [5.41, 5.74) is -0.204. The van der Waals surface area contributed by atoms with E-state index in [9.17, 15) is 14.2 Å². The molecule has 0 aliphatic heterocycles. The van der Waals surface area contributed by atoms with Crippen LogP contribution in [0.1, 0.15) is 38.8 Å². The summed E-state index contributed by atoms with van der Waals surface area (Å²) in [5, 5.41) is 10.3. The Morgan fingerprint density at radius 3 is 1.91 bits per heavy atom. The molecule has 0 saturated carbocycles. The number of benzene rings is 1. The van der Waals surface area contributed by atoms with Gasteiger partial charge in [0.2, 0.25) is 5.52 Å². The highest BCUT2D eigenvalue weighted by atomic mass is 31.2. The first-order chi connectivity index (χ1) is 16.7. The zero-order valence-electron chi connectivity index (χ0n) is 21.2. The number of ether oxygens (including phenoxy) is 1. The van der Waals surface area contributed by atoms with Gasteiger partial charge in [0.05, 0.1) is 33.5 Å². The van der Waals surface area contributed by atoms with Crippen molar-refractivity contribution in [1.82, 2.24) is 4.98 Å². The Bertz CT molecular complexity index is 988. The van der Waals surface area contributed by atoms with Crippen LogP contribution in [-0.4, -0.2) is 49.2 Å². The molecular formula is C23H36N2O8P2. The van der Waals surface area contributed by atoms with E-state index in [1.165, 1.54) is 7.11 Å². The summed E-state index contributed by atoms with van der Waals surface area (Å²) in [5.74, 6) is 0.648. The molecule has 196 valence electrons. The maximum Gasteiger partial charge on any atom is 0.365 e. The van der Waals surface area contributed by atoms with Gasteiger partial charge in [0.15, 0.2) is 11.5 Å². The van der Waals surface area contributed by atoms with Gasteiger partial charge in [-0.15, -0.1) is 0 Å². The molecular weight excluding hydrogens is 494 g/mol. The monoisotopic (exact) mass is 530 g/mol. The van der Waals surface area contributed by atoms with Crippen LogP contribution < -0.4 is 9.64 Å². The predicted octanol–water partition coefficient (Wildman–Crippen LogP) is 5.93. The van der Waals surface area contributed by atoms with Gasteiger partial charge in [0.1, 0.15) is 5.82 Å². The van der Waals surface area contributed by atoms with Gasteiger partial charge in [-0.3, -0.25) is 9.13 Å². The molecule has 0 spiro atoms. The summed E-state index contributed by atoms with van der Waals surface area (Å²) in [6.07, 6.45) is 1.57. The van der Waals surface area contributed by atoms with E-state index in [0.29, 0.717) is 16.9 Å². The molecule has 0 saturated heterocycles. The highest BCUT2D eigenvalue weighted by Crippen LogP contribution is 2.71. The lowest BCUT2D eigenvalue weighted by molar-refractivity contribution is 0.194. The number of hydrogen-bond donors (Lipinski definition) is 1. The Kier molecular flexibility index (Phi) is 11.2. The largest absolute Gasteiger partial charge is 0.504 e. The molecule has 1 aromatic heterocycles. The number of aromatic nitrogens is 1. The quantitative estimate of drug-likeness (QED) is 0.278. The van der Waals surface area contributed by atoms with Crippen molar-refractivity contribution in [1.29, 1.82) is 0 Å². The van der Waals surface area contributed by atoms with E-state index in [1.54, 1.807) is 76.0 Å². The average Bonchev–Trinajstić information content (AvgIpc) is 2.82. The van der Waals surface area contributed by atoms with E-state index >= 15 is 0 Å². The first-order valence-electron chi connectivity index (χ1n) is 11.5. The molecule has 0 bridgehead atoms. The van der Waals surface area contributed by atoms with Gasteiger partial charge in [0.25, 0.3) is 0 Å². The fourth-order valence-electron chi connectivity index (χ4n) is 3.64. The van der Waals surface area contributed by atoms with Crippen molar-refractivity contribution < 1.29 is 37.1 Å². The second-order valence-corrected chi connectivity index (χ2v) is 12.0. The standard InChI is InChI=1S/C23H36N2O8P2/c1-7-30-34(27,31-8-2)23(35(28,32-9-3)33-10-4)25(21-13-11-12-14-24-21)17-19-15-18(5)22(26)20(16-19)29-6/h11-16,23,26H,7-10,17H2,1-6H3. The molecule has 2 rings (SSSR count). The molecule has 0 aliphatic carbocycles. The second kappa shape index (κ2) is 13.4. The van der Waals surface area contributed by atoms with Gasteiger partial charge >= 0.3 is 15.2 Å². The van der Waals surface area contributed by atoms with Crippen molar-refractivity contribution in [3.8, 4) is 11.5 Å². The fraction of sp³-hybridized carbons (Fsp3) is 0.522. The zero-order valence-corrected chi connectivity index (χ0v) is 23.0. The summed E-state index contributed by atoms with van der Waals surface area (Å²) in [7, 11) is -6.78. The normalized spacial score (nSPS) is 12.2. The number of pyridine rings is 1. The molecule has 0 unspecified atom stereocenters. The Labute approximate surface area is 207 Å². The summed E-state index contributed by atoms with van der Waals surface area (Å²) in [4.78, 5) is 5.99. The first-order valence-corrected chi connectivity index (χ1v) is 14.7. The van der Waals surface area contributed by atoms with Crippen LogP contribution in [0.5, 0.6) is 11.5 Å². The van der Waals surface area contributed by atoms with Crippen LogP contribution in [-0.2, 0) is 33.8 Å². The lowest BCUT2D eigenvalue weighted by Gasteiger charge is -2.39. The lowest BCUT2D eigenvalue weighted by Crippen LogP contribution is -2.37. The number of hydrogen-bond acceptors (Lipinski definition) is 10. The van der Waals surface area contributed by atoms with E-state index < -0.39 is 20.7 Å². The Hall–Kier alpha value is -1.93. The molecule has 0 fully saturated rings. The maximum atomic E-state index is 14.2. The van der Waals surface area contributed by atoms with Crippen molar-refractivity contribution in [2.24, 2.45) is 0 Å². The Balaban J connectivity index is 2.80. The number of aryl methyl sites for hydroxylation is 1. The third-order valence-corrected chi connectivity index (χ3v) is 10.8. The van der Waals surface area contributed by atoms with E-state index in [0.717, 1.165) is 0 Å². The molecule has 1 aromatic carbocycles. The van der Waals surface area contributed by atoms with Crippen LogP contribution in [0.4, 0.5) is 5.82 Å². The molecule has 0 atom stereocenters. The van der Waals surface area contributed by atoms with Crippen molar-refractivity contribution in [3.05, 3.63) is 47.7 Å². The summed E-state index contributed by atoms with van der Waals surface area (Å²) >= 11 is 0. The van der Waals surface area contributed by atoms with Crippen LogP contribution in [0.15, 0.2) is 36.5 Å². The van der Waals surface area contributed by atoms with Crippen LogP contribution in [0.25, 0.3) is 0 Å². The molecule has 12 heteroatoms.